The van der Waals surface area contributed by atoms with E-state index in [-0.39, 0.29) is 41.9 Å². The molecule has 1 unspecified atom stereocenters. The fourth-order valence-electron chi connectivity index (χ4n) is 2.96. The van der Waals surface area contributed by atoms with Crippen molar-refractivity contribution in [1.82, 2.24) is 15.3 Å². The Labute approximate surface area is 146 Å². The van der Waals surface area contributed by atoms with E-state index in [0.717, 1.165) is 5.56 Å². The Hall–Kier alpha value is -2.29. The van der Waals surface area contributed by atoms with Crippen molar-refractivity contribution in [2.45, 2.75) is 31.7 Å². The molecule has 134 valence electrons. The highest BCUT2D eigenvalue weighted by atomic mass is 32.2. The number of amides is 2. The summed E-state index contributed by atoms with van der Waals surface area (Å²) >= 11 is 0. The third-order valence-electron chi connectivity index (χ3n) is 4.30. The molecular formula is C16H20N4O4S. The predicted molar refractivity (Wildman–Crippen MR) is 91.5 cm³/mol. The number of rotatable bonds is 5. The van der Waals surface area contributed by atoms with E-state index in [1.54, 1.807) is 12.4 Å². The summed E-state index contributed by atoms with van der Waals surface area (Å²) in [4.78, 5) is 28.3. The van der Waals surface area contributed by atoms with Gasteiger partial charge in [0, 0.05) is 31.8 Å². The van der Waals surface area contributed by atoms with Gasteiger partial charge in [0.15, 0.2) is 9.84 Å². The van der Waals surface area contributed by atoms with Gasteiger partial charge < -0.3 is 5.32 Å². The van der Waals surface area contributed by atoms with Gasteiger partial charge in [0.2, 0.25) is 5.91 Å². The Bertz CT molecular complexity index is 792. The van der Waals surface area contributed by atoms with Crippen molar-refractivity contribution in [2.24, 2.45) is 5.10 Å². The molecule has 1 atom stereocenters. The summed E-state index contributed by atoms with van der Waals surface area (Å²) in [5.41, 5.74) is 1.29. The van der Waals surface area contributed by atoms with Gasteiger partial charge in [-0.2, -0.15) is 5.10 Å². The number of hydrazone groups is 1. The molecule has 9 heteroatoms. The highest BCUT2D eigenvalue weighted by Gasteiger charge is 2.37. The summed E-state index contributed by atoms with van der Waals surface area (Å²) < 4.78 is 23.2. The van der Waals surface area contributed by atoms with Crippen LogP contribution in [0.2, 0.25) is 0 Å². The first-order chi connectivity index (χ1) is 11.9. The third-order valence-corrected chi connectivity index (χ3v) is 6.05. The van der Waals surface area contributed by atoms with Gasteiger partial charge >= 0.3 is 0 Å². The van der Waals surface area contributed by atoms with Crippen LogP contribution in [0, 0.1) is 0 Å². The zero-order valence-electron chi connectivity index (χ0n) is 13.7. The molecule has 2 aliphatic rings. The molecule has 0 saturated carbocycles. The fourth-order valence-corrected chi connectivity index (χ4v) is 4.65. The van der Waals surface area contributed by atoms with Crippen LogP contribution in [0.1, 0.15) is 24.8 Å². The summed E-state index contributed by atoms with van der Waals surface area (Å²) in [6.45, 7) is 0.440. The van der Waals surface area contributed by atoms with Crippen LogP contribution in [0.25, 0.3) is 0 Å². The van der Waals surface area contributed by atoms with Crippen molar-refractivity contribution < 1.29 is 18.0 Å². The Morgan fingerprint density at radius 1 is 1.36 bits per heavy atom. The van der Waals surface area contributed by atoms with E-state index in [4.69, 9.17) is 0 Å². The highest BCUT2D eigenvalue weighted by Crippen LogP contribution is 2.22. The second-order valence-electron chi connectivity index (χ2n) is 6.21. The second-order valence-corrected chi connectivity index (χ2v) is 8.44. The van der Waals surface area contributed by atoms with E-state index in [9.17, 15) is 18.0 Å². The second kappa shape index (κ2) is 7.30. The van der Waals surface area contributed by atoms with Gasteiger partial charge in [-0.05, 0) is 24.5 Å². The minimum absolute atomic E-state index is 0.0591. The first kappa shape index (κ1) is 17.5. The Morgan fingerprint density at radius 2 is 2.20 bits per heavy atom. The highest BCUT2D eigenvalue weighted by molar-refractivity contribution is 7.91. The summed E-state index contributed by atoms with van der Waals surface area (Å²) in [5, 5.41) is 8.14. The normalized spacial score (nSPS) is 22.6. The number of pyridine rings is 1. The Kier molecular flexibility index (Phi) is 5.12. The lowest BCUT2D eigenvalue weighted by Gasteiger charge is -2.27. The van der Waals surface area contributed by atoms with Crippen molar-refractivity contribution in [3.05, 3.63) is 30.1 Å². The average molecular weight is 364 g/mol. The molecule has 1 fully saturated rings. The van der Waals surface area contributed by atoms with Crippen LogP contribution in [0.15, 0.2) is 29.6 Å². The van der Waals surface area contributed by atoms with E-state index in [0.29, 0.717) is 19.4 Å². The minimum Gasteiger partial charge on any atom is -0.351 e. The van der Waals surface area contributed by atoms with E-state index in [1.165, 1.54) is 5.01 Å². The monoisotopic (exact) mass is 364 g/mol. The van der Waals surface area contributed by atoms with Crippen molar-refractivity contribution in [3.8, 4) is 0 Å². The number of aromatic nitrogens is 1. The van der Waals surface area contributed by atoms with Gasteiger partial charge in [0.1, 0.15) is 5.71 Å². The summed E-state index contributed by atoms with van der Waals surface area (Å²) in [6.07, 6.45) is 4.89. The van der Waals surface area contributed by atoms with Crippen molar-refractivity contribution in [2.75, 3.05) is 18.1 Å². The van der Waals surface area contributed by atoms with Crippen molar-refractivity contribution in [1.29, 1.82) is 0 Å². The molecule has 0 aromatic carbocycles. The van der Waals surface area contributed by atoms with E-state index >= 15 is 0 Å². The maximum atomic E-state index is 12.3. The van der Waals surface area contributed by atoms with Gasteiger partial charge in [-0.15, -0.1) is 0 Å². The van der Waals surface area contributed by atoms with Gasteiger partial charge in [-0.3, -0.25) is 14.6 Å². The van der Waals surface area contributed by atoms with E-state index < -0.39 is 15.9 Å². The molecule has 0 radical (unpaired) electrons. The number of hydrogen-bond acceptors (Lipinski definition) is 6. The quantitative estimate of drug-likeness (QED) is 0.785. The SMILES string of the molecule is O=C(NCCc1cccnc1)C1=NN(C2CCS(=O)(=O)C2)C(=O)CC1. The van der Waals surface area contributed by atoms with Crippen LogP contribution in [0.4, 0.5) is 0 Å². The largest absolute Gasteiger partial charge is 0.351 e. The van der Waals surface area contributed by atoms with Crippen LogP contribution in [0.3, 0.4) is 0 Å². The number of carbonyl (C=O) groups excluding carboxylic acids is 2. The summed E-state index contributed by atoms with van der Waals surface area (Å²) in [6, 6.07) is 3.30. The lowest BCUT2D eigenvalue weighted by Crippen LogP contribution is -2.44. The first-order valence-electron chi connectivity index (χ1n) is 8.22. The molecule has 8 nitrogen and oxygen atoms in total. The maximum Gasteiger partial charge on any atom is 0.267 e. The molecule has 0 bridgehead atoms. The zero-order chi connectivity index (χ0) is 17.9. The van der Waals surface area contributed by atoms with Gasteiger partial charge in [-0.25, -0.2) is 13.4 Å². The molecule has 1 saturated heterocycles. The number of carbonyl (C=O) groups is 2. The van der Waals surface area contributed by atoms with Crippen molar-refractivity contribution in [3.63, 3.8) is 0 Å². The lowest BCUT2D eigenvalue weighted by molar-refractivity contribution is -0.133. The molecule has 2 amide bonds. The van der Waals surface area contributed by atoms with Crippen LogP contribution < -0.4 is 5.32 Å². The van der Waals surface area contributed by atoms with E-state index in [2.05, 4.69) is 15.4 Å². The molecule has 3 rings (SSSR count). The lowest BCUT2D eigenvalue weighted by atomic mass is 10.1. The molecule has 1 N–H and O–H groups in total. The van der Waals surface area contributed by atoms with Crippen LogP contribution in [-0.2, 0) is 25.8 Å². The van der Waals surface area contributed by atoms with Crippen LogP contribution in [0.5, 0.6) is 0 Å². The van der Waals surface area contributed by atoms with Gasteiger partial charge in [-0.1, -0.05) is 6.07 Å². The summed E-state index contributed by atoms with van der Waals surface area (Å²) in [5.74, 6) is -0.571. The Morgan fingerprint density at radius 3 is 2.88 bits per heavy atom. The molecule has 2 aliphatic heterocycles. The first-order valence-corrected chi connectivity index (χ1v) is 10.0. The topological polar surface area (TPSA) is 109 Å². The average Bonchev–Trinajstić information content (AvgIpc) is 2.96. The smallest absolute Gasteiger partial charge is 0.267 e. The summed E-state index contributed by atoms with van der Waals surface area (Å²) in [7, 11) is -3.12. The van der Waals surface area contributed by atoms with Crippen LogP contribution >= 0.6 is 0 Å². The molecule has 25 heavy (non-hydrogen) atoms. The number of nitrogens with zero attached hydrogens (tertiary/aromatic N) is 3. The van der Waals surface area contributed by atoms with Gasteiger partial charge in [0.25, 0.3) is 5.91 Å². The number of sulfone groups is 1. The fraction of sp³-hybridized carbons (Fsp3) is 0.500. The van der Waals surface area contributed by atoms with Gasteiger partial charge in [0.05, 0.1) is 17.5 Å². The molecule has 3 heterocycles. The van der Waals surface area contributed by atoms with Crippen LogP contribution in [-0.4, -0.2) is 60.0 Å². The van der Waals surface area contributed by atoms with E-state index in [1.807, 2.05) is 12.1 Å². The third kappa shape index (κ3) is 4.41. The molecule has 1 aromatic rings. The standard InChI is InChI=1S/C16H20N4O4S/c21-15-4-3-14(19-20(15)13-6-9-25(23,24)11-13)16(22)18-8-5-12-2-1-7-17-10-12/h1-2,7,10,13H,3-6,8-9,11H2,(H,18,22). The zero-order valence-corrected chi connectivity index (χ0v) is 14.5. The molecule has 0 spiro atoms. The Balaban J connectivity index is 1.60. The molecule has 0 aliphatic carbocycles. The molecular weight excluding hydrogens is 344 g/mol. The predicted octanol–water partition coefficient (Wildman–Crippen LogP) is -0.0942. The number of nitrogens with one attached hydrogen (secondary N) is 1. The molecule has 1 aromatic heterocycles. The maximum absolute atomic E-state index is 12.3. The van der Waals surface area contributed by atoms with Crippen molar-refractivity contribution >= 4 is 27.4 Å². The number of hydrogen-bond donors (Lipinski definition) is 1. The minimum atomic E-state index is -3.12.